The Labute approximate surface area is 107 Å². The fraction of sp³-hybridized carbons (Fsp3) is 0.133. The third-order valence-corrected chi connectivity index (χ3v) is 2.57. The Balaban J connectivity index is 2.28. The molecule has 0 saturated heterocycles. The first-order chi connectivity index (χ1) is 9.00. The lowest BCUT2D eigenvalue weighted by atomic mass is 10.0. The Bertz CT molecular complexity index is 579. The Morgan fingerprint density at radius 1 is 1.17 bits per heavy atom. The van der Waals surface area contributed by atoms with Gasteiger partial charge in [0.15, 0.2) is 0 Å². The molecule has 3 nitrogen and oxygen atoms in total. The molecule has 0 spiro atoms. The quantitative estimate of drug-likeness (QED) is 0.891. The highest BCUT2D eigenvalue weighted by molar-refractivity contribution is 5.75. The third-order valence-electron chi connectivity index (χ3n) is 2.57. The average Bonchev–Trinajstić information content (AvgIpc) is 2.40. The van der Waals surface area contributed by atoms with Crippen LogP contribution in [0.3, 0.4) is 0 Å². The SMILES string of the molecule is [2H]C(C)(C(=O)O)c1cccc(Oc2ccccc2)c1. The Hall–Kier alpha value is -2.29. The van der Waals surface area contributed by atoms with Crippen LogP contribution in [0.15, 0.2) is 54.6 Å². The van der Waals surface area contributed by atoms with Gasteiger partial charge in [-0.25, -0.2) is 0 Å². The predicted octanol–water partition coefficient (Wildman–Crippen LogP) is 3.67. The van der Waals surface area contributed by atoms with Gasteiger partial charge < -0.3 is 9.84 Å². The first-order valence-electron chi connectivity index (χ1n) is 6.07. The molecule has 3 heteroatoms. The first-order valence-corrected chi connectivity index (χ1v) is 5.57. The largest absolute Gasteiger partial charge is 0.481 e. The number of rotatable bonds is 4. The number of carboxylic acid groups (broad SMARTS) is 1. The molecule has 1 unspecified atom stereocenters. The zero-order valence-corrected chi connectivity index (χ0v) is 9.96. The molecule has 92 valence electrons. The second-order valence-electron chi connectivity index (χ2n) is 3.87. The van der Waals surface area contributed by atoms with Crippen molar-refractivity contribution in [1.82, 2.24) is 0 Å². The molecule has 2 aromatic carbocycles. The van der Waals surface area contributed by atoms with E-state index in [-0.39, 0.29) is 0 Å². The second kappa shape index (κ2) is 5.36. The Morgan fingerprint density at radius 3 is 2.50 bits per heavy atom. The summed E-state index contributed by atoms with van der Waals surface area (Å²) in [7, 11) is 0. The van der Waals surface area contributed by atoms with Gasteiger partial charge in [0.1, 0.15) is 11.5 Å². The molecular formula is C15H14O3. The minimum Gasteiger partial charge on any atom is -0.481 e. The van der Waals surface area contributed by atoms with Crippen LogP contribution in [0.25, 0.3) is 0 Å². The van der Waals surface area contributed by atoms with E-state index in [0.717, 1.165) is 0 Å². The van der Waals surface area contributed by atoms with Gasteiger partial charge in [-0.15, -0.1) is 0 Å². The molecule has 0 aliphatic rings. The molecule has 0 saturated carbocycles. The molecule has 1 N–H and O–H groups in total. The molecule has 0 fully saturated rings. The topological polar surface area (TPSA) is 46.5 Å². The van der Waals surface area contributed by atoms with E-state index in [0.29, 0.717) is 17.1 Å². The summed E-state index contributed by atoms with van der Waals surface area (Å²) in [4.78, 5) is 11.1. The van der Waals surface area contributed by atoms with Crippen LogP contribution in [0, 0.1) is 0 Å². The molecule has 0 aliphatic carbocycles. The highest BCUT2D eigenvalue weighted by atomic mass is 16.5. The van der Waals surface area contributed by atoms with E-state index in [1.54, 1.807) is 24.3 Å². The molecule has 0 bridgehead atoms. The minimum absolute atomic E-state index is 0.383. The molecule has 2 rings (SSSR count). The summed E-state index contributed by atoms with van der Waals surface area (Å²) in [6.07, 6.45) is 0. The average molecular weight is 243 g/mol. The first kappa shape index (κ1) is 10.8. The van der Waals surface area contributed by atoms with Gasteiger partial charge in [0, 0.05) is 1.37 Å². The lowest BCUT2D eigenvalue weighted by Crippen LogP contribution is -2.07. The Kier molecular flexibility index (Phi) is 3.23. The molecule has 0 radical (unpaired) electrons. The highest BCUT2D eigenvalue weighted by Gasteiger charge is 2.13. The Morgan fingerprint density at radius 2 is 1.83 bits per heavy atom. The monoisotopic (exact) mass is 243 g/mol. The summed E-state index contributed by atoms with van der Waals surface area (Å²) >= 11 is 0. The molecule has 2 aromatic rings. The van der Waals surface area contributed by atoms with Crippen molar-refractivity contribution < 1.29 is 16.0 Å². The van der Waals surface area contributed by atoms with Crippen LogP contribution in [0.5, 0.6) is 11.5 Å². The standard InChI is InChI=1S/C15H14O3/c1-11(15(16)17)12-6-5-9-14(10-12)18-13-7-3-2-4-8-13/h2-11H,1H3,(H,16,17)/i11D. The van der Waals surface area contributed by atoms with Crippen LogP contribution >= 0.6 is 0 Å². The zero-order chi connectivity index (χ0) is 13.9. The van der Waals surface area contributed by atoms with Crippen LogP contribution in [-0.4, -0.2) is 11.1 Å². The second-order valence-corrected chi connectivity index (χ2v) is 3.87. The molecule has 0 amide bonds. The van der Waals surface area contributed by atoms with Gasteiger partial charge in [-0.1, -0.05) is 30.3 Å². The summed E-state index contributed by atoms with van der Waals surface area (Å²) in [6.45, 7) is 1.34. The summed E-state index contributed by atoms with van der Waals surface area (Å²) in [5.74, 6) is -1.69. The van der Waals surface area contributed by atoms with Gasteiger partial charge in [-0.3, -0.25) is 4.79 Å². The maximum absolute atomic E-state index is 11.1. The number of hydrogen-bond donors (Lipinski definition) is 1. The third kappa shape index (κ3) is 2.88. The highest BCUT2D eigenvalue weighted by Crippen LogP contribution is 2.25. The van der Waals surface area contributed by atoms with E-state index in [1.807, 2.05) is 30.3 Å². The van der Waals surface area contributed by atoms with Gasteiger partial charge in [0.05, 0.1) is 5.89 Å². The van der Waals surface area contributed by atoms with Gasteiger partial charge in [-0.2, -0.15) is 0 Å². The van der Waals surface area contributed by atoms with Crippen molar-refractivity contribution in [2.75, 3.05) is 0 Å². The van der Waals surface area contributed by atoms with E-state index in [4.69, 9.17) is 11.2 Å². The maximum Gasteiger partial charge on any atom is 0.310 e. The van der Waals surface area contributed by atoms with Crippen molar-refractivity contribution in [3.05, 3.63) is 60.2 Å². The number of para-hydroxylation sites is 1. The van der Waals surface area contributed by atoms with Crippen LogP contribution in [-0.2, 0) is 4.79 Å². The molecule has 18 heavy (non-hydrogen) atoms. The van der Waals surface area contributed by atoms with Crippen LogP contribution in [0.2, 0.25) is 0 Å². The van der Waals surface area contributed by atoms with Gasteiger partial charge >= 0.3 is 5.97 Å². The summed E-state index contributed by atoms with van der Waals surface area (Å²) in [6, 6.07) is 15.8. The van der Waals surface area contributed by atoms with Gasteiger partial charge in [-0.05, 0) is 36.8 Å². The summed E-state index contributed by atoms with van der Waals surface area (Å²) in [5.41, 5.74) is 0.383. The van der Waals surface area contributed by atoms with Crippen LogP contribution in [0.1, 0.15) is 19.8 Å². The van der Waals surface area contributed by atoms with E-state index in [9.17, 15) is 4.79 Å². The van der Waals surface area contributed by atoms with Crippen molar-refractivity contribution in [3.63, 3.8) is 0 Å². The smallest absolute Gasteiger partial charge is 0.310 e. The number of ether oxygens (including phenoxy) is 1. The fourth-order valence-corrected chi connectivity index (χ4v) is 1.54. The van der Waals surface area contributed by atoms with Crippen LogP contribution in [0.4, 0.5) is 0 Å². The normalized spacial score (nSPS) is 14.4. The lowest BCUT2D eigenvalue weighted by molar-refractivity contribution is -0.138. The number of benzene rings is 2. The van der Waals surface area contributed by atoms with Crippen molar-refractivity contribution in [3.8, 4) is 11.5 Å². The molecule has 0 aromatic heterocycles. The lowest BCUT2D eigenvalue weighted by Gasteiger charge is -2.10. The van der Waals surface area contributed by atoms with Crippen molar-refractivity contribution in [2.24, 2.45) is 0 Å². The van der Waals surface area contributed by atoms with Crippen LogP contribution < -0.4 is 4.74 Å². The molecule has 1 atom stereocenters. The summed E-state index contributed by atoms with van der Waals surface area (Å²) in [5, 5.41) is 9.05. The fourth-order valence-electron chi connectivity index (χ4n) is 1.54. The maximum atomic E-state index is 11.1. The number of hydrogen-bond acceptors (Lipinski definition) is 2. The van der Waals surface area contributed by atoms with E-state index in [2.05, 4.69) is 0 Å². The van der Waals surface area contributed by atoms with Gasteiger partial charge in [0.25, 0.3) is 0 Å². The van der Waals surface area contributed by atoms with Gasteiger partial charge in [0.2, 0.25) is 0 Å². The molecular weight excluding hydrogens is 228 g/mol. The summed E-state index contributed by atoms with van der Waals surface area (Å²) < 4.78 is 13.5. The molecule has 0 heterocycles. The number of carboxylic acids is 1. The van der Waals surface area contributed by atoms with E-state index >= 15 is 0 Å². The van der Waals surface area contributed by atoms with Crippen molar-refractivity contribution in [1.29, 1.82) is 0 Å². The van der Waals surface area contributed by atoms with E-state index < -0.39 is 11.9 Å². The number of aliphatic carboxylic acids is 1. The molecule has 0 aliphatic heterocycles. The zero-order valence-electron chi connectivity index (χ0n) is 11.0. The minimum atomic E-state index is -1.68. The van der Waals surface area contributed by atoms with Crippen molar-refractivity contribution in [2.45, 2.75) is 12.8 Å². The number of carbonyl (C=O) groups is 1. The van der Waals surface area contributed by atoms with Crippen molar-refractivity contribution >= 4 is 5.97 Å². The van der Waals surface area contributed by atoms with E-state index in [1.165, 1.54) is 6.92 Å². The predicted molar refractivity (Wildman–Crippen MR) is 69.0 cm³/mol.